The number of halogens is 1. The van der Waals surface area contributed by atoms with Crippen molar-refractivity contribution in [1.29, 1.82) is 0 Å². The largest absolute Gasteiger partial charge is 0.367 e. The van der Waals surface area contributed by atoms with Gasteiger partial charge in [0, 0.05) is 31.2 Å². The SMILES string of the molecule is O=C(NCCNc1ccc(-n2cccn2)nn1)Nc1cccc(F)c1. The Hall–Kier alpha value is -3.49. The highest BCUT2D eigenvalue weighted by Gasteiger charge is 2.03. The molecule has 1 aromatic carbocycles. The van der Waals surface area contributed by atoms with Crippen LogP contribution < -0.4 is 16.0 Å². The number of benzene rings is 1. The second-order valence-corrected chi connectivity index (χ2v) is 5.05. The number of carbonyl (C=O) groups excluding carboxylic acids is 1. The van der Waals surface area contributed by atoms with Crippen molar-refractivity contribution in [3.63, 3.8) is 0 Å². The summed E-state index contributed by atoms with van der Waals surface area (Å²) < 4.78 is 14.6. The lowest BCUT2D eigenvalue weighted by Crippen LogP contribution is -2.32. The van der Waals surface area contributed by atoms with Gasteiger partial charge in [-0.2, -0.15) is 5.10 Å². The van der Waals surface area contributed by atoms with E-state index < -0.39 is 11.8 Å². The molecule has 3 N–H and O–H groups in total. The van der Waals surface area contributed by atoms with Crippen LogP contribution in [0.15, 0.2) is 54.9 Å². The van der Waals surface area contributed by atoms with E-state index in [4.69, 9.17) is 0 Å². The molecule has 0 bridgehead atoms. The molecule has 0 radical (unpaired) electrons. The maximum atomic E-state index is 13.0. The average Bonchev–Trinajstić information content (AvgIpc) is 3.14. The van der Waals surface area contributed by atoms with Gasteiger partial charge in [-0.15, -0.1) is 10.2 Å². The fraction of sp³-hybridized carbons (Fsp3) is 0.125. The maximum absolute atomic E-state index is 13.0. The Labute approximate surface area is 143 Å². The molecule has 8 nitrogen and oxygen atoms in total. The summed E-state index contributed by atoms with van der Waals surface area (Å²) in [6.07, 6.45) is 3.44. The Kier molecular flexibility index (Phi) is 5.15. The van der Waals surface area contributed by atoms with E-state index in [1.54, 1.807) is 41.3 Å². The molecule has 0 unspecified atom stereocenters. The molecular weight excluding hydrogens is 325 g/mol. The van der Waals surface area contributed by atoms with E-state index in [0.717, 1.165) is 0 Å². The number of urea groups is 1. The molecule has 0 aliphatic heterocycles. The summed E-state index contributed by atoms with van der Waals surface area (Å²) in [5.74, 6) is 0.794. The summed E-state index contributed by atoms with van der Waals surface area (Å²) >= 11 is 0. The van der Waals surface area contributed by atoms with Crippen molar-refractivity contribution in [2.24, 2.45) is 0 Å². The molecule has 128 valence electrons. The van der Waals surface area contributed by atoms with E-state index >= 15 is 0 Å². The molecule has 2 aromatic heterocycles. The second kappa shape index (κ2) is 7.86. The molecule has 0 saturated heterocycles. The van der Waals surface area contributed by atoms with Crippen LogP contribution in [-0.4, -0.2) is 39.1 Å². The van der Waals surface area contributed by atoms with Gasteiger partial charge in [-0.1, -0.05) is 6.07 Å². The molecule has 2 amide bonds. The quantitative estimate of drug-likeness (QED) is 0.596. The molecule has 25 heavy (non-hydrogen) atoms. The van der Waals surface area contributed by atoms with Crippen LogP contribution in [0, 0.1) is 5.82 Å². The lowest BCUT2D eigenvalue weighted by molar-refractivity contribution is 0.252. The number of nitrogens with zero attached hydrogens (tertiary/aromatic N) is 4. The van der Waals surface area contributed by atoms with Crippen molar-refractivity contribution in [1.82, 2.24) is 25.3 Å². The highest BCUT2D eigenvalue weighted by Crippen LogP contribution is 2.08. The third kappa shape index (κ3) is 4.74. The first kappa shape index (κ1) is 16.4. The van der Waals surface area contributed by atoms with E-state index in [9.17, 15) is 9.18 Å². The number of hydrogen-bond acceptors (Lipinski definition) is 5. The molecular formula is C16H16FN7O. The zero-order valence-corrected chi connectivity index (χ0v) is 13.2. The maximum Gasteiger partial charge on any atom is 0.319 e. The van der Waals surface area contributed by atoms with E-state index in [-0.39, 0.29) is 0 Å². The minimum atomic E-state index is -0.410. The number of amides is 2. The van der Waals surface area contributed by atoms with Crippen molar-refractivity contribution in [3.8, 4) is 5.82 Å². The zero-order valence-electron chi connectivity index (χ0n) is 13.2. The van der Waals surface area contributed by atoms with E-state index in [1.807, 2.05) is 0 Å². The molecule has 2 heterocycles. The fourth-order valence-electron chi connectivity index (χ4n) is 2.05. The molecule has 0 aliphatic carbocycles. The van der Waals surface area contributed by atoms with Gasteiger partial charge in [0.25, 0.3) is 0 Å². The summed E-state index contributed by atoms with van der Waals surface area (Å²) in [6, 6.07) is 10.6. The average molecular weight is 341 g/mol. The van der Waals surface area contributed by atoms with Crippen molar-refractivity contribution in [2.45, 2.75) is 0 Å². The van der Waals surface area contributed by atoms with Gasteiger partial charge in [0.1, 0.15) is 11.6 Å². The summed E-state index contributed by atoms with van der Waals surface area (Å²) in [5, 5.41) is 20.4. The topological polar surface area (TPSA) is 96.8 Å². The standard InChI is InChI=1S/C16H16FN7O/c17-12-3-1-4-13(11-12)21-16(25)19-9-8-18-14-5-6-15(23-22-14)24-10-2-7-20-24/h1-7,10-11H,8-9H2,(H,18,22)(H2,19,21,25). The third-order valence-corrected chi connectivity index (χ3v) is 3.19. The number of rotatable bonds is 6. The first-order valence-electron chi connectivity index (χ1n) is 7.59. The monoisotopic (exact) mass is 341 g/mol. The van der Waals surface area contributed by atoms with Gasteiger partial charge in [0.15, 0.2) is 5.82 Å². The Morgan fingerprint density at radius 3 is 2.76 bits per heavy atom. The summed E-state index contributed by atoms with van der Waals surface area (Å²) in [6.45, 7) is 0.829. The number of nitrogens with one attached hydrogen (secondary N) is 3. The highest BCUT2D eigenvalue weighted by atomic mass is 19.1. The van der Waals surface area contributed by atoms with Crippen LogP contribution in [0.5, 0.6) is 0 Å². The Bertz CT molecular complexity index is 821. The lowest BCUT2D eigenvalue weighted by Gasteiger charge is -2.09. The van der Waals surface area contributed by atoms with Gasteiger partial charge in [-0.05, 0) is 36.4 Å². The predicted molar refractivity (Wildman–Crippen MR) is 91.1 cm³/mol. The van der Waals surface area contributed by atoms with Crippen molar-refractivity contribution in [2.75, 3.05) is 23.7 Å². The number of hydrogen-bond donors (Lipinski definition) is 3. The molecule has 0 aliphatic rings. The van der Waals surface area contributed by atoms with Gasteiger partial charge < -0.3 is 16.0 Å². The number of carbonyl (C=O) groups is 1. The molecule has 0 spiro atoms. The summed E-state index contributed by atoms with van der Waals surface area (Å²) in [4.78, 5) is 11.7. The van der Waals surface area contributed by atoms with E-state index in [2.05, 4.69) is 31.2 Å². The van der Waals surface area contributed by atoms with E-state index in [1.165, 1.54) is 18.2 Å². The number of anilines is 2. The van der Waals surface area contributed by atoms with Crippen LogP contribution in [0.3, 0.4) is 0 Å². The lowest BCUT2D eigenvalue weighted by atomic mass is 10.3. The molecule has 3 aromatic rings. The molecule has 0 fully saturated rings. The fourth-order valence-corrected chi connectivity index (χ4v) is 2.05. The first-order valence-corrected chi connectivity index (χ1v) is 7.59. The van der Waals surface area contributed by atoms with Crippen LogP contribution in [0.1, 0.15) is 0 Å². The van der Waals surface area contributed by atoms with Gasteiger partial charge in [-0.3, -0.25) is 0 Å². The second-order valence-electron chi connectivity index (χ2n) is 5.05. The van der Waals surface area contributed by atoms with Crippen LogP contribution in [0.25, 0.3) is 5.82 Å². The normalized spacial score (nSPS) is 10.3. The Morgan fingerprint density at radius 2 is 2.04 bits per heavy atom. The predicted octanol–water partition coefficient (Wildman–Crippen LogP) is 2.03. The van der Waals surface area contributed by atoms with Gasteiger partial charge in [0.2, 0.25) is 0 Å². The number of aromatic nitrogens is 4. The van der Waals surface area contributed by atoms with Crippen molar-refractivity contribution in [3.05, 3.63) is 60.7 Å². The zero-order chi connectivity index (χ0) is 17.5. The van der Waals surface area contributed by atoms with Gasteiger partial charge in [-0.25, -0.2) is 13.9 Å². The van der Waals surface area contributed by atoms with Crippen molar-refractivity contribution < 1.29 is 9.18 Å². The Balaban J connectivity index is 1.40. The smallest absolute Gasteiger partial charge is 0.319 e. The van der Waals surface area contributed by atoms with Gasteiger partial charge >= 0.3 is 6.03 Å². The van der Waals surface area contributed by atoms with E-state index in [0.29, 0.717) is 30.4 Å². The van der Waals surface area contributed by atoms with Crippen LogP contribution in [-0.2, 0) is 0 Å². The summed E-state index contributed by atoms with van der Waals surface area (Å²) in [7, 11) is 0. The molecule has 0 saturated carbocycles. The summed E-state index contributed by atoms with van der Waals surface area (Å²) in [5.41, 5.74) is 0.394. The van der Waals surface area contributed by atoms with Crippen LogP contribution >= 0.6 is 0 Å². The minimum Gasteiger partial charge on any atom is -0.367 e. The molecule has 9 heteroatoms. The molecule has 0 atom stereocenters. The minimum absolute atomic E-state index is 0.365. The third-order valence-electron chi connectivity index (χ3n) is 3.19. The first-order chi connectivity index (χ1) is 12.2. The molecule has 3 rings (SSSR count). The Morgan fingerprint density at radius 1 is 1.12 bits per heavy atom. The van der Waals surface area contributed by atoms with Crippen molar-refractivity contribution >= 4 is 17.5 Å². The van der Waals surface area contributed by atoms with Crippen LogP contribution in [0.2, 0.25) is 0 Å². The van der Waals surface area contributed by atoms with Crippen LogP contribution in [0.4, 0.5) is 20.7 Å². The van der Waals surface area contributed by atoms with Gasteiger partial charge in [0.05, 0.1) is 0 Å². The highest BCUT2D eigenvalue weighted by molar-refractivity contribution is 5.89.